The summed E-state index contributed by atoms with van der Waals surface area (Å²) in [6, 6.07) is 11.2. The zero-order valence-corrected chi connectivity index (χ0v) is 20.4. The lowest BCUT2D eigenvalue weighted by molar-refractivity contribution is 0.0783. The fourth-order valence-electron chi connectivity index (χ4n) is 3.91. The van der Waals surface area contributed by atoms with Crippen LogP contribution in [0.1, 0.15) is 51.2 Å². The first-order chi connectivity index (χ1) is 15.8. The number of rotatable bonds is 11. The van der Waals surface area contributed by atoms with Gasteiger partial charge in [-0.2, -0.15) is 0 Å². The summed E-state index contributed by atoms with van der Waals surface area (Å²) in [6.07, 6.45) is 3.22. The van der Waals surface area contributed by atoms with Gasteiger partial charge < -0.3 is 24.2 Å². The van der Waals surface area contributed by atoms with Gasteiger partial charge in [-0.1, -0.05) is 31.9 Å². The molecule has 2 aromatic rings. The quantitative estimate of drug-likeness (QED) is 0.485. The van der Waals surface area contributed by atoms with Gasteiger partial charge in [0.1, 0.15) is 5.75 Å². The second-order valence-corrected chi connectivity index (χ2v) is 8.83. The van der Waals surface area contributed by atoms with Gasteiger partial charge in [-0.15, -0.1) is 0 Å². The first kappa shape index (κ1) is 24.7. The molecule has 0 radical (unpaired) electrons. The molecule has 0 unspecified atom stereocenters. The predicted octanol–water partition coefficient (Wildman–Crippen LogP) is 4.94. The lowest BCUT2D eigenvalue weighted by Gasteiger charge is -2.23. The van der Waals surface area contributed by atoms with Crippen LogP contribution in [0.3, 0.4) is 0 Å². The summed E-state index contributed by atoms with van der Waals surface area (Å²) in [4.78, 5) is 16.8. The van der Waals surface area contributed by atoms with E-state index in [0.717, 1.165) is 36.1 Å². The van der Waals surface area contributed by atoms with E-state index in [1.54, 1.807) is 37.9 Å². The van der Waals surface area contributed by atoms with Crippen molar-refractivity contribution in [2.24, 2.45) is 0 Å². The van der Waals surface area contributed by atoms with Crippen molar-refractivity contribution in [3.63, 3.8) is 0 Å². The number of amides is 2. The first-order valence-electron chi connectivity index (χ1n) is 11.6. The number of hydrogen-bond donors (Lipinski definition) is 1. The Balaban J connectivity index is 1.73. The molecule has 1 aliphatic heterocycles. The summed E-state index contributed by atoms with van der Waals surface area (Å²) in [7, 11) is 3.22. The van der Waals surface area contributed by atoms with Gasteiger partial charge in [0.15, 0.2) is 11.5 Å². The molecular weight excluding hydrogens is 420 g/mol. The van der Waals surface area contributed by atoms with Gasteiger partial charge in [0.2, 0.25) is 0 Å². The van der Waals surface area contributed by atoms with Crippen molar-refractivity contribution in [2.75, 3.05) is 38.8 Å². The standard InChI is InChI=1S/C26H36N2O5/c1-6-7-8-15-33-24-17-21(11-12-22(24)31-4)28-14-13-27(25(28)29)18-19-9-10-20(26(2,3)30)16-23(19)32-5/h9-12,16-17,30H,6-8,13-15,18H2,1-5H3. The molecule has 33 heavy (non-hydrogen) atoms. The van der Waals surface area contributed by atoms with E-state index >= 15 is 0 Å². The average Bonchev–Trinajstić information content (AvgIpc) is 3.16. The number of benzene rings is 2. The number of carbonyl (C=O) groups is 1. The largest absolute Gasteiger partial charge is 0.496 e. The molecule has 0 saturated carbocycles. The molecule has 7 heteroatoms. The number of ether oxygens (including phenoxy) is 3. The molecule has 1 heterocycles. The maximum atomic E-state index is 13.2. The molecule has 1 N–H and O–H groups in total. The van der Waals surface area contributed by atoms with E-state index in [-0.39, 0.29) is 6.03 Å². The average molecular weight is 457 g/mol. The van der Waals surface area contributed by atoms with Gasteiger partial charge in [-0.25, -0.2) is 4.79 Å². The molecule has 7 nitrogen and oxygen atoms in total. The molecule has 180 valence electrons. The van der Waals surface area contributed by atoms with Crippen molar-refractivity contribution in [1.29, 1.82) is 0 Å². The van der Waals surface area contributed by atoms with E-state index < -0.39 is 5.60 Å². The SMILES string of the molecule is CCCCCOc1cc(N2CCN(Cc3ccc(C(C)(C)O)cc3OC)C2=O)ccc1OC. The van der Waals surface area contributed by atoms with Crippen LogP contribution in [0, 0.1) is 0 Å². The van der Waals surface area contributed by atoms with Crippen molar-refractivity contribution in [2.45, 2.75) is 52.2 Å². The van der Waals surface area contributed by atoms with Crippen molar-refractivity contribution < 1.29 is 24.1 Å². The highest BCUT2D eigenvalue weighted by atomic mass is 16.5. The fraction of sp³-hybridized carbons (Fsp3) is 0.500. The number of carbonyl (C=O) groups excluding carboxylic acids is 1. The van der Waals surface area contributed by atoms with Crippen LogP contribution in [0.5, 0.6) is 17.2 Å². The van der Waals surface area contributed by atoms with Crippen LogP contribution in [0.15, 0.2) is 36.4 Å². The predicted molar refractivity (Wildman–Crippen MR) is 129 cm³/mol. The van der Waals surface area contributed by atoms with Gasteiger partial charge in [-0.05, 0) is 44.0 Å². The lowest BCUT2D eigenvalue weighted by Crippen LogP contribution is -2.31. The monoisotopic (exact) mass is 456 g/mol. The van der Waals surface area contributed by atoms with E-state index in [1.165, 1.54) is 0 Å². The molecule has 2 aromatic carbocycles. The maximum absolute atomic E-state index is 13.2. The second-order valence-electron chi connectivity index (χ2n) is 8.83. The summed E-state index contributed by atoms with van der Waals surface area (Å²) >= 11 is 0. The maximum Gasteiger partial charge on any atom is 0.324 e. The molecule has 2 amide bonds. The highest BCUT2D eigenvalue weighted by Crippen LogP contribution is 2.34. The first-order valence-corrected chi connectivity index (χ1v) is 11.6. The van der Waals surface area contributed by atoms with E-state index in [4.69, 9.17) is 14.2 Å². The van der Waals surface area contributed by atoms with E-state index in [0.29, 0.717) is 43.5 Å². The second kappa shape index (κ2) is 10.8. The van der Waals surface area contributed by atoms with Crippen LogP contribution < -0.4 is 19.1 Å². The molecule has 0 bridgehead atoms. The molecule has 0 spiro atoms. The highest BCUT2D eigenvalue weighted by Gasteiger charge is 2.31. The topological polar surface area (TPSA) is 71.5 Å². The van der Waals surface area contributed by atoms with Gasteiger partial charge >= 0.3 is 6.03 Å². The molecular formula is C26H36N2O5. The Morgan fingerprint density at radius 3 is 2.39 bits per heavy atom. The van der Waals surface area contributed by atoms with Crippen LogP contribution in [-0.2, 0) is 12.1 Å². The van der Waals surface area contributed by atoms with Gasteiger partial charge in [-0.3, -0.25) is 4.90 Å². The molecule has 1 fully saturated rings. The minimum absolute atomic E-state index is 0.0642. The zero-order chi connectivity index (χ0) is 24.0. The summed E-state index contributed by atoms with van der Waals surface area (Å²) in [5.41, 5.74) is 1.49. The normalized spacial score (nSPS) is 14.1. The molecule has 0 aromatic heterocycles. The number of methoxy groups -OCH3 is 2. The van der Waals surface area contributed by atoms with Crippen molar-refractivity contribution in [3.8, 4) is 17.2 Å². The summed E-state index contributed by atoms with van der Waals surface area (Å²) < 4.78 is 16.9. The Labute approximate surface area is 196 Å². The van der Waals surface area contributed by atoms with Gasteiger partial charge in [0.25, 0.3) is 0 Å². The van der Waals surface area contributed by atoms with Crippen LogP contribution in [0.25, 0.3) is 0 Å². The minimum Gasteiger partial charge on any atom is -0.496 e. The van der Waals surface area contributed by atoms with E-state index in [9.17, 15) is 9.90 Å². The van der Waals surface area contributed by atoms with Crippen molar-refractivity contribution >= 4 is 11.7 Å². The Morgan fingerprint density at radius 2 is 1.73 bits per heavy atom. The Hall–Kier alpha value is -2.93. The Morgan fingerprint density at radius 1 is 0.970 bits per heavy atom. The Kier molecular flexibility index (Phi) is 8.08. The molecule has 1 saturated heterocycles. The molecule has 0 atom stereocenters. The van der Waals surface area contributed by atoms with Crippen molar-refractivity contribution in [3.05, 3.63) is 47.5 Å². The summed E-state index contributed by atoms with van der Waals surface area (Å²) in [6.45, 7) is 7.87. The minimum atomic E-state index is -0.962. The number of anilines is 1. The third-order valence-electron chi connectivity index (χ3n) is 5.91. The third-order valence-corrected chi connectivity index (χ3v) is 5.91. The Bertz CT molecular complexity index is 954. The van der Waals surface area contributed by atoms with Crippen LogP contribution in [0.4, 0.5) is 10.5 Å². The molecule has 1 aliphatic rings. The smallest absolute Gasteiger partial charge is 0.324 e. The number of aliphatic hydroxyl groups is 1. The fourth-order valence-corrected chi connectivity index (χ4v) is 3.91. The zero-order valence-electron chi connectivity index (χ0n) is 20.4. The van der Waals surface area contributed by atoms with E-state index in [2.05, 4.69) is 6.92 Å². The number of nitrogens with zero attached hydrogens (tertiary/aromatic N) is 2. The molecule has 3 rings (SSSR count). The molecule has 0 aliphatic carbocycles. The number of urea groups is 1. The lowest BCUT2D eigenvalue weighted by atomic mass is 9.96. The number of hydrogen-bond acceptors (Lipinski definition) is 5. The summed E-state index contributed by atoms with van der Waals surface area (Å²) in [5.74, 6) is 1.98. The van der Waals surface area contributed by atoms with Crippen molar-refractivity contribution in [1.82, 2.24) is 4.90 Å². The van der Waals surface area contributed by atoms with Gasteiger partial charge in [0.05, 0.1) is 33.0 Å². The van der Waals surface area contributed by atoms with E-state index in [1.807, 2.05) is 36.4 Å². The van der Waals surface area contributed by atoms with Crippen LogP contribution in [-0.4, -0.2) is 50.0 Å². The third kappa shape index (κ3) is 5.90. The van der Waals surface area contributed by atoms with Gasteiger partial charge in [0, 0.05) is 30.4 Å². The van der Waals surface area contributed by atoms with Crippen LogP contribution in [0.2, 0.25) is 0 Å². The number of unbranched alkanes of at least 4 members (excludes halogenated alkanes) is 2. The van der Waals surface area contributed by atoms with Crippen LogP contribution >= 0.6 is 0 Å². The highest BCUT2D eigenvalue weighted by molar-refractivity contribution is 5.94. The summed E-state index contributed by atoms with van der Waals surface area (Å²) in [5, 5.41) is 10.3.